The predicted octanol–water partition coefficient (Wildman–Crippen LogP) is 3.24. The summed E-state index contributed by atoms with van der Waals surface area (Å²) >= 11 is 0. The van der Waals surface area contributed by atoms with Gasteiger partial charge in [-0.15, -0.1) is 0 Å². The maximum Gasteiger partial charge on any atom is 0.320 e. The molecule has 1 saturated carbocycles. The van der Waals surface area contributed by atoms with Crippen LogP contribution in [0.1, 0.15) is 50.2 Å². The summed E-state index contributed by atoms with van der Waals surface area (Å²) in [7, 11) is 1.68. The number of benzene rings is 1. The predicted molar refractivity (Wildman–Crippen MR) is 94.1 cm³/mol. The van der Waals surface area contributed by atoms with Gasteiger partial charge in [-0.1, -0.05) is 12.8 Å². The molecule has 136 valence electrons. The molecule has 1 aliphatic carbocycles. The molecular weight excluding hydrogens is 318 g/mol. The molecule has 4 rings (SSSR count). The van der Waals surface area contributed by atoms with Crippen LogP contribution in [0.4, 0.5) is 0 Å². The Kier molecular flexibility index (Phi) is 4.36. The Morgan fingerprint density at radius 3 is 2.92 bits per heavy atom. The second-order valence-corrected chi connectivity index (χ2v) is 7.78. The second-order valence-electron chi connectivity index (χ2n) is 7.78. The molecule has 1 N–H and O–H groups in total. The molecular formula is C20H27NO4. The van der Waals surface area contributed by atoms with Crippen LogP contribution in [-0.2, 0) is 17.8 Å². The minimum Gasteiger partial charge on any atom is -0.497 e. The van der Waals surface area contributed by atoms with Crippen molar-refractivity contribution in [3.8, 4) is 11.5 Å². The fourth-order valence-electron chi connectivity index (χ4n) is 5.03. The molecule has 5 heteroatoms. The highest BCUT2D eigenvalue weighted by atomic mass is 16.5. The molecule has 2 fully saturated rings. The van der Waals surface area contributed by atoms with Crippen molar-refractivity contribution < 1.29 is 19.4 Å². The first-order chi connectivity index (χ1) is 12.1. The van der Waals surface area contributed by atoms with Crippen LogP contribution >= 0.6 is 0 Å². The summed E-state index contributed by atoms with van der Waals surface area (Å²) in [6.07, 6.45) is 6.53. The van der Waals surface area contributed by atoms with Crippen molar-refractivity contribution in [2.75, 3.05) is 7.11 Å². The summed E-state index contributed by atoms with van der Waals surface area (Å²) in [5, 5.41) is 9.75. The average Bonchev–Trinajstić information content (AvgIpc) is 3.15. The Labute approximate surface area is 148 Å². The average molecular weight is 345 g/mol. The van der Waals surface area contributed by atoms with Crippen LogP contribution < -0.4 is 9.47 Å². The van der Waals surface area contributed by atoms with Gasteiger partial charge >= 0.3 is 5.97 Å². The molecule has 0 bridgehead atoms. The van der Waals surface area contributed by atoms with Gasteiger partial charge in [0.25, 0.3) is 0 Å². The highest BCUT2D eigenvalue weighted by Crippen LogP contribution is 2.43. The Morgan fingerprint density at radius 1 is 1.36 bits per heavy atom. The number of hydrogen-bond donors (Lipinski definition) is 1. The molecule has 25 heavy (non-hydrogen) atoms. The van der Waals surface area contributed by atoms with Crippen LogP contribution in [0, 0.1) is 5.92 Å². The first kappa shape index (κ1) is 16.7. The van der Waals surface area contributed by atoms with Crippen molar-refractivity contribution in [3.63, 3.8) is 0 Å². The van der Waals surface area contributed by atoms with Crippen LogP contribution in [0.5, 0.6) is 11.5 Å². The fourth-order valence-corrected chi connectivity index (χ4v) is 5.03. The molecule has 0 aromatic heterocycles. The van der Waals surface area contributed by atoms with E-state index in [1.54, 1.807) is 7.11 Å². The number of carboxylic acid groups (broad SMARTS) is 1. The third-order valence-corrected chi connectivity index (χ3v) is 6.14. The SMILES string of the molecule is COc1cc2c(c(CN3C(C(=O)O)CC4CCCCC43)c1)OC(C)C2. The highest BCUT2D eigenvalue weighted by molar-refractivity contribution is 5.74. The van der Waals surface area contributed by atoms with E-state index in [-0.39, 0.29) is 12.1 Å². The topological polar surface area (TPSA) is 59.0 Å². The fraction of sp³-hybridized carbons (Fsp3) is 0.650. The van der Waals surface area contributed by atoms with Crippen molar-refractivity contribution in [2.45, 2.75) is 70.2 Å². The Balaban J connectivity index is 1.66. The number of methoxy groups -OCH3 is 1. The van der Waals surface area contributed by atoms with Gasteiger partial charge in [-0.3, -0.25) is 9.69 Å². The lowest BCUT2D eigenvalue weighted by molar-refractivity contribution is -0.142. The van der Waals surface area contributed by atoms with Gasteiger partial charge in [0.1, 0.15) is 23.6 Å². The summed E-state index contributed by atoms with van der Waals surface area (Å²) in [6.45, 7) is 2.70. The summed E-state index contributed by atoms with van der Waals surface area (Å²) < 4.78 is 11.5. The Morgan fingerprint density at radius 2 is 2.16 bits per heavy atom. The zero-order valence-corrected chi connectivity index (χ0v) is 15.0. The number of fused-ring (bicyclic) bond motifs is 2. The third kappa shape index (κ3) is 2.99. The minimum atomic E-state index is -0.691. The van der Waals surface area contributed by atoms with Crippen molar-refractivity contribution in [2.24, 2.45) is 5.92 Å². The smallest absolute Gasteiger partial charge is 0.320 e. The Bertz CT molecular complexity index is 674. The number of hydrogen-bond acceptors (Lipinski definition) is 4. The molecule has 1 saturated heterocycles. The van der Waals surface area contributed by atoms with Gasteiger partial charge in [0.2, 0.25) is 0 Å². The molecule has 4 unspecified atom stereocenters. The summed E-state index contributed by atoms with van der Waals surface area (Å²) in [6, 6.07) is 4.07. The zero-order valence-electron chi connectivity index (χ0n) is 15.0. The van der Waals surface area contributed by atoms with E-state index in [0.717, 1.165) is 42.7 Å². The van der Waals surface area contributed by atoms with Gasteiger partial charge in [-0.05, 0) is 44.2 Å². The molecule has 0 radical (unpaired) electrons. The van der Waals surface area contributed by atoms with E-state index in [0.29, 0.717) is 18.5 Å². The largest absolute Gasteiger partial charge is 0.497 e. The summed E-state index contributed by atoms with van der Waals surface area (Å²) in [5.74, 6) is 1.60. The second kappa shape index (κ2) is 6.52. The molecule has 1 aromatic carbocycles. The molecule has 0 amide bonds. The van der Waals surface area contributed by atoms with Crippen LogP contribution in [0.2, 0.25) is 0 Å². The number of likely N-dealkylation sites (tertiary alicyclic amines) is 1. The molecule has 0 spiro atoms. The molecule has 4 atom stereocenters. The van der Waals surface area contributed by atoms with Crippen molar-refractivity contribution in [1.82, 2.24) is 4.90 Å². The van der Waals surface area contributed by atoms with Crippen molar-refractivity contribution >= 4 is 5.97 Å². The summed E-state index contributed by atoms with van der Waals surface area (Å²) in [5.41, 5.74) is 2.24. The van der Waals surface area contributed by atoms with E-state index in [1.807, 2.05) is 12.1 Å². The van der Waals surface area contributed by atoms with Gasteiger partial charge in [-0.2, -0.15) is 0 Å². The van der Waals surface area contributed by atoms with Crippen LogP contribution in [0.25, 0.3) is 0 Å². The van der Waals surface area contributed by atoms with Crippen molar-refractivity contribution in [1.29, 1.82) is 0 Å². The normalized spacial score (nSPS) is 31.3. The number of aliphatic carboxylic acids is 1. The van der Waals surface area contributed by atoms with Crippen LogP contribution in [0.15, 0.2) is 12.1 Å². The van der Waals surface area contributed by atoms with Gasteiger partial charge < -0.3 is 14.6 Å². The molecule has 2 aliphatic heterocycles. The van der Waals surface area contributed by atoms with Gasteiger partial charge in [0.15, 0.2) is 0 Å². The lowest BCUT2D eigenvalue weighted by atomic mass is 9.84. The van der Waals surface area contributed by atoms with E-state index in [4.69, 9.17) is 9.47 Å². The van der Waals surface area contributed by atoms with Gasteiger partial charge in [0, 0.05) is 30.1 Å². The van der Waals surface area contributed by atoms with E-state index in [2.05, 4.69) is 11.8 Å². The highest BCUT2D eigenvalue weighted by Gasteiger charge is 2.45. The number of rotatable bonds is 4. The molecule has 3 aliphatic rings. The monoisotopic (exact) mass is 345 g/mol. The summed E-state index contributed by atoms with van der Waals surface area (Å²) in [4.78, 5) is 14.1. The van der Waals surface area contributed by atoms with Crippen molar-refractivity contribution in [3.05, 3.63) is 23.3 Å². The number of ether oxygens (including phenoxy) is 2. The number of carboxylic acids is 1. The van der Waals surface area contributed by atoms with Gasteiger partial charge in [-0.25, -0.2) is 0 Å². The number of nitrogens with zero attached hydrogens (tertiary/aromatic N) is 1. The van der Waals surface area contributed by atoms with E-state index in [1.165, 1.54) is 18.4 Å². The molecule has 1 aromatic rings. The van der Waals surface area contributed by atoms with E-state index >= 15 is 0 Å². The van der Waals surface area contributed by atoms with Gasteiger partial charge in [0.05, 0.1) is 7.11 Å². The first-order valence-electron chi connectivity index (χ1n) is 9.41. The van der Waals surface area contributed by atoms with Crippen LogP contribution in [0.3, 0.4) is 0 Å². The minimum absolute atomic E-state index is 0.164. The maximum absolute atomic E-state index is 11.9. The number of carbonyl (C=O) groups is 1. The lowest BCUT2D eigenvalue weighted by Crippen LogP contribution is -2.41. The Hall–Kier alpha value is -1.75. The first-order valence-corrected chi connectivity index (χ1v) is 9.41. The molecule has 5 nitrogen and oxygen atoms in total. The van der Waals surface area contributed by atoms with Crippen LogP contribution in [-0.4, -0.2) is 41.3 Å². The quantitative estimate of drug-likeness (QED) is 0.908. The lowest BCUT2D eigenvalue weighted by Gasteiger charge is -2.33. The maximum atomic E-state index is 11.9. The third-order valence-electron chi connectivity index (χ3n) is 6.14. The molecule has 2 heterocycles. The van der Waals surface area contributed by atoms with E-state index in [9.17, 15) is 9.90 Å². The van der Waals surface area contributed by atoms with E-state index < -0.39 is 5.97 Å². The standard InChI is InChI=1S/C20H27NO4/c1-12-7-14-8-16(24-2)9-15(19(14)25-12)11-21-17-6-4-3-5-13(17)10-18(21)20(22)23/h8-9,12-13,17-18H,3-7,10-11H2,1-2H3,(H,22,23). The zero-order chi connectivity index (χ0) is 17.6.